The van der Waals surface area contributed by atoms with E-state index in [0.29, 0.717) is 26.2 Å². The summed E-state index contributed by atoms with van der Waals surface area (Å²) in [7, 11) is 0. The van der Waals surface area contributed by atoms with Crippen molar-refractivity contribution in [3.05, 3.63) is 0 Å². The molecule has 0 radical (unpaired) electrons. The molecule has 0 aromatic heterocycles. The predicted molar refractivity (Wildman–Crippen MR) is 92.0 cm³/mol. The number of nitriles is 1. The first kappa shape index (κ1) is 18.7. The maximum Gasteiger partial charge on any atom is 0.236 e. The van der Waals surface area contributed by atoms with Gasteiger partial charge >= 0.3 is 0 Å². The molecule has 2 aliphatic heterocycles. The van der Waals surface area contributed by atoms with Crippen LogP contribution in [0.5, 0.6) is 0 Å². The van der Waals surface area contributed by atoms with Gasteiger partial charge in [0.05, 0.1) is 18.5 Å². The van der Waals surface area contributed by atoms with Gasteiger partial charge in [-0.1, -0.05) is 6.92 Å². The molecule has 1 atom stereocenters. The van der Waals surface area contributed by atoms with Crippen LogP contribution < -0.4 is 0 Å². The van der Waals surface area contributed by atoms with Crippen LogP contribution in [0.15, 0.2) is 0 Å². The third kappa shape index (κ3) is 4.94. The van der Waals surface area contributed by atoms with Crippen molar-refractivity contribution in [2.75, 3.05) is 45.8 Å². The lowest BCUT2D eigenvalue weighted by atomic mass is 9.95. The highest BCUT2D eigenvalue weighted by Crippen LogP contribution is 2.22. The van der Waals surface area contributed by atoms with Crippen molar-refractivity contribution >= 4 is 11.8 Å². The number of likely N-dealkylation sites (tertiary alicyclic amines) is 2. The molecule has 0 N–H and O–H groups in total. The molecular weight excluding hydrogens is 304 g/mol. The summed E-state index contributed by atoms with van der Waals surface area (Å²) >= 11 is 0. The van der Waals surface area contributed by atoms with E-state index in [-0.39, 0.29) is 23.7 Å². The molecule has 0 saturated carbocycles. The van der Waals surface area contributed by atoms with Gasteiger partial charge in [0.25, 0.3) is 0 Å². The van der Waals surface area contributed by atoms with E-state index in [2.05, 4.69) is 6.07 Å². The Hall–Kier alpha value is -1.61. The van der Waals surface area contributed by atoms with Crippen LogP contribution in [0.4, 0.5) is 0 Å². The van der Waals surface area contributed by atoms with E-state index in [9.17, 15) is 9.59 Å². The zero-order valence-corrected chi connectivity index (χ0v) is 15.0. The summed E-state index contributed by atoms with van der Waals surface area (Å²) < 4.78 is 0. The fraction of sp³-hybridized carbons (Fsp3) is 0.833. The van der Waals surface area contributed by atoms with Gasteiger partial charge in [-0.25, -0.2) is 0 Å². The maximum absolute atomic E-state index is 12.5. The van der Waals surface area contributed by atoms with Gasteiger partial charge in [-0.05, 0) is 39.2 Å². The summed E-state index contributed by atoms with van der Waals surface area (Å²) in [6.07, 6.45) is 3.80. The minimum Gasteiger partial charge on any atom is -0.342 e. The number of nitrogens with zero attached hydrogens (tertiary/aromatic N) is 4. The van der Waals surface area contributed by atoms with Crippen LogP contribution in [-0.4, -0.2) is 72.3 Å². The second kappa shape index (κ2) is 9.03. The third-order valence-electron chi connectivity index (χ3n) is 5.17. The molecule has 2 rings (SSSR count). The number of amides is 2. The summed E-state index contributed by atoms with van der Waals surface area (Å²) in [6.45, 7) is 8.81. The lowest BCUT2D eigenvalue weighted by Crippen LogP contribution is -2.47. The van der Waals surface area contributed by atoms with Gasteiger partial charge in [0.1, 0.15) is 0 Å². The lowest BCUT2D eigenvalue weighted by Gasteiger charge is -2.34. The quantitative estimate of drug-likeness (QED) is 0.735. The fourth-order valence-electron chi connectivity index (χ4n) is 3.60. The van der Waals surface area contributed by atoms with E-state index in [4.69, 9.17) is 5.26 Å². The Morgan fingerprint density at radius 1 is 1.17 bits per heavy atom. The SMILES string of the molecule is CCN(CC(=O)N1CCC(C(=O)N2CCCC2)CC1)CC(C)C#N. The van der Waals surface area contributed by atoms with E-state index in [0.717, 1.165) is 45.3 Å². The summed E-state index contributed by atoms with van der Waals surface area (Å²) in [5.41, 5.74) is 0. The highest BCUT2D eigenvalue weighted by Gasteiger charge is 2.31. The number of rotatable bonds is 6. The van der Waals surface area contributed by atoms with E-state index in [1.165, 1.54) is 0 Å². The van der Waals surface area contributed by atoms with Crippen LogP contribution in [0, 0.1) is 23.2 Å². The van der Waals surface area contributed by atoms with Gasteiger partial charge in [-0.2, -0.15) is 5.26 Å². The Bertz CT molecular complexity index is 474. The number of carbonyl (C=O) groups is 2. The third-order valence-corrected chi connectivity index (χ3v) is 5.17. The Kier molecular flexibility index (Phi) is 7.04. The summed E-state index contributed by atoms with van der Waals surface area (Å²) in [5.74, 6) is 0.432. The first-order valence-corrected chi connectivity index (χ1v) is 9.23. The van der Waals surface area contributed by atoms with Gasteiger partial charge in [0, 0.05) is 38.6 Å². The van der Waals surface area contributed by atoms with E-state index < -0.39 is 0 Å². The molecule has 0 aromatic rings. The zero-order valence-electron chi connectivity index (χ0n) is 15.0. The fourth-order valence-corrected chi connectivity index (χ4v) is 3.60. The van der Waals surface area contributed by atoms with Gasteiger partial charge < -0.3 is 9.80 Å². The van der Waals surface area contributed by atoms with Crippen molar-refractivity contribution in [1.82, 2.24) is 14.7 Å². The number of hydrogen-bond acceptors (Lipinski definition) is 4. The first-order valence-electron chi connectivity index (χ1n) is 9.23. The van der Waals surface area contributed by atoms with Crippen LogP contribution in [0.3, 0.4) is 0 Å². The van der Waals surface area contributed by atoms with Crippen LogP contribution in [-0.2, 0) is 9.59 Å². The molecule has 2 saturated heterocycles. The first-order chi connectivity index (χ1) is 11.5. The predicted octanol–water partition coefficient (Wildman–Crippen LogP) is 1.33. The van der Waals surface area contributed by atoms with E-state index >= 15 is 0 Å². The minimum atomic E-state index is -0.0680. The average Bonchev–Trinajstić information content (AvgIpc) is 3.15. The summed E-state index contributed by atoms with van der Waals surface area (Å²) in [6, 6.07) is 2.22. The second-order valence-electron chi connectivity index (χ2n) is 7.05. The van der Waals surface area contributed by atoms with Gasteiger partial charge in [0.2, 0.25) is 11.8 Å². The van der Waals surface area contributed by atoms with Crippen LogP contribution >= 0.6 is 0 Å². The molecular formula is C18H30N4O2. The molecule has 1 unspecified atom stereocenters. The largest absolute Gasteiger partial charge is 0.342 e. The Balaban J connectivity index is 1.77. The summed E-state index contributed by atoms with van der Waals surface area (Å²) in [4.78, 5) is 30.8. The van der Waals surface area contributed by atoms with Crippen molar-refractivity contribution in [2.24, 2.45) is 11.8 Å². The van der Waals surface area contributed by atoms with E-state index in [1.807, 2.05) is 28.5 Å². The molecule has 6 heteroatoms. The van der Waals surface area contributed by atoms with Crippen LogP contribution in [0.25, 0.3) is 0 Å². The smallest absolute Gasteiger partial charge is 0.236 e. The topological polar surface area (TPSA) is 67.7 Å². The van der Waals surface area contributed by atoms with Crippen molar-refractivity contribution in [3.8, 4) is 6.07 Å². The number of likely N-dealkylation sites (N-methyl/N-ethyl adjacent to an activating group) is 1. The number of piperidine rings is 1. The Morgan fingerprint density at radius 3 is 2.33 bits per heavy atom. The average molecular weight is 334 g/mol. The molecule has 0 aliphatic carbocycles. The highest BCUT2D eigenvalue weighted by molar-refractivity contribution is 5.81. The van der Waals surface area contributed by atoms with E-state index in [1.54, 1.807) is 0 Å². The Morgan fingerprint density at radius 2 is 1.79 bits per heavy atom. The van der Waals surface area contributed by atoms with Crippen molar-refractivity contribution in [1.29, 1.82) is 5.26 Å². The van der Waals surface area contributed by atoms with Crippen LogP contribution in [0.1, 0.15) is 39.5 Å². The van der Waals surface area contributed by atoms with Gasteiger partial charge in [0.15, 0.2) is 0 Å². The highest BCUT2D eigenvalue weighted by atomic mass is 16.2. The molecule has 0 spiro atoms. The standard InChI is InChI=1S/C18H30N4O2/c1-3-20(13-15(2)12-19)14-17(23)21-10-6-16(7-11-21)18(24)22-8-4-5-9-22/h15-16H,3-11,13-14H2,1-2H3. The molecule has 2 fully saturated rings. The zero-order chi connectivity index (χ0) is 17.5. The molecule has 2 heterocycles. The van der Waals surface area contributed by atoms with Crippen molar-refractivity contribution < 1.29 is 9.59 Å². The molecule has 2 amide bonds. The maximum atomic E-state index is 12.5. The number of hydrogen-bond donors (Lipinski definition) is 0. The molecule has 24 heavy (non-hydrogen) atoms. The van der Waals surface area contributed by atoms with Gasteiger partial charge in [-0.3, -0.25) is 14.5 Å². The second-order valence-corrected chi connectivity index (χ2v) is 7.05. The monoisotopic (exact) mass is 334 g/mol. The Labute approximate surface area is 145 Å². The molecule has 6 nitrogen and oxygen atoms in total. The van der Waals surface area contributed by atoms with Gasteiger partial charge in [-0.15, -0.1) is 0 Å². The molecule has 0 aromatic carbocycles. The molecule has 0 bridgehead atoms. The number of carbonyl (C=O) groups excluding carboxylic acids is 2. The van der Waals surface area contributed by atoms with Crippen molar-refractivity contribution in [3.63, 3.8) is 0 Å². The molecule has 134 valence electrons. The van der Waals surface area contributed by atoms with Crippen LogP contribution in [0.2, 0.25) is 0 Å². The summed E-state index contributed by atoms with van der Waals surface area (Å²) in [5, 5.41) is 8.93. The van der Waals surface area contributed by atoms with Crippen molar-refractivity contribution in [2.45, 2.75) is 39.5 Å². The minimum absolute atomic E-state index is 0.0680. The lowest BCUT2D eigenvalue weighted by molar-refractivity contribution is -0.140. The molecule has 2 aliphatic rings. The normalized spacial score (nSPS) is 20.2.